The maximum Gasteiger partial charge on any atom is 0.228 e. The average molecular weight is 349 g/mol. The van der Waals surface area contributed by atoms with Gasteiger partial charge in [0.25, 0.3) is 0 Å². The number of carbonyl (C=O) groups is 1. The predicted octanol–water partition coefficient (Wildman–Crippen LogP) is 4.09. The minimum atomic E-state index is -0.205. The van der Waals surface area contributed by atoms with Gasteiger partial charge in [-0.2, -0.15) is 0 Å². The Balaban J connectivity index is 0.00000288. The lowest BCUT2D eigenvalue weighted by Crippen LogP contribution is -2.26. The number of ether oxygens (including phenoxy) is 1. The highest BCUT2D eigenvalue weighted by Crippen LogP contribution is 2.26. The number of hydrogen-bond donors (Lipinski definition) is 2. The highest BCUT2D eigenvalue weighted by molar-refractivity contribution is 5.93. The molecule has 3 N–H and O–H groups in total. The first-order chi connectivity index (χ1) is 11.0. The van der Waals surface area contributed by atoms with Crippen molar-refractivity contribution in [3.63, 3.8) is 0 Å². The quantitative estimate of drug-likeness (QED) is 0.826. The molecule has 0 saturated heterocycles. The molecule has 2 unspecified atom stereocenters. The summed E-state index contributed by atoms with van der Waals surface area (Å²) in [6, 6.07) is 15.7. The van der Waals surface area contributed by atoms with E-state index in [0.29, 0.717) is 6.54 Å². The van der Waals surface area contributed by atoms with Crippen LogP contribution in [0.5, 0.6) is 5.75 Å². The molecule has 0 saturated carbocycles. The fourth-order valence-corrected chi connectivity index (χ4v) is 2.21. The molecule has 0 spiro atoms. The number of rotatable bonds is 6. The number of nitrogens with one attached hydrogen (secondary N) is 1. The number of halogens is 1. The molecule has 2 aromatic carbocycles. The normalized spacial score (nSPS) is 12.7. The van der Waals surface area contributed by atoms with Crippen LogP contribution in [0.3, 0.4) is 0 Å². The van der Waals surface area contributed by atoms with E-state index in [4.69, 9.17) is 10.5 Å². The predicted molar refractivity (Wildman–Crippen MR) is 101 cm³/mol. The van der Waals surface area contributed by atoms with Crippen molar-refractivity contribution in [2.75, 3.05) is 11.9 Å². The van der Waals surface area contributed by atoms with Crippen molar-refractivity contribution in [1.29, 1.82) is 0 Å². The van der Waals surface area contributed by atoms with Crippen LogP contribution in [0.15, 0.2) is 48.5 Å². The van der Waals surface area contributed by atoms with Crippen molar-refractivity contribution in [2.45, 2.75) is 26.9 Å². The van der Waals surface area contributed by atoms with Crippen LogP contribution in [0.1, 0.15) is 31.1 Å². The van der Waals surface area contributed by atoms with Gasteiger partial charge in [-0.05, 0) is 43.2 Å². The third kappa shape index (κ3) is 5.25. The summed E-state index contributed by atoms with van der Waals surface area (Å²) in [4.78, 5) is 11.9. The van der Waals surface area contributed by atoms with Crippen LogP contribution in [0, 0.1) is 12.8 Å². The monoisotopic (exact) mass is 348 g/mol. The van der Waals surface area contributed by atoms with E-state index in [9.17, 15) is 4.79 Å². The van der Waals surface area contributed by atoms with E-state index in [-0.39, 0.29) is 30.3 Å². The van der Waals surface area contributed by atoms with Gasteiger partial charge in [-0.1, -0.05) is 37.3 Å². The van der Waals surface area contributed by atoms with Crippen LogP contribution in [-0.4, -0.2) is 12.5 Å². The van der Waals surface area contributed by atoms with E-state index in [1.165, 1.54) is 0 Å². The zero-order valence-electron chi connectivity index (χ0n) is 14.3. The summed E-state index contributed by atoms with van der Waals surface area (Å²) >= 11 is 0. The van der Waals surface area contributed by atoms with Crippen molar-refractivity contribution in [2.24, 2.45) is 11.7 Å². The number of benzene rings is 2. The van der Waals surface area contributed by atoms with Gasteiger partial charge in [-0.15, -0.1) is 12.4 Å². The standard InChI is InChI=1S/C19H24N2O2.ClH/c1-13-11-17(23-15(3)16-7-5-4-6-8-16)9-10-18(13)21-19(22)14(2)12-20;/h4-11,14-15H,12,20H2,1-3H3,(H,21,22);1H. The number of hydrogen-bond acceptors (Lipinski definition) is 3. The summed E-state index contributed by atoms with van der Waals surface area (Å²) in [6.45, 7) is 6.11. The molecule has 2 atom stereocenters. The first-order valence-electron chi connectivity index (χ1n) is 7.84. The Morgan fingerprint density at radius 2 is 1.83 bits per heavy atom. The Kier molecular flexibility index (Phi) is 7.75. The van der Waals surface area contributed by atoms with Crippen molar-refractivity contribution < 1.29 is 9.53 Å². The molecule has 2 rings (SSSR count). The largest absolute Gasteiger partial charge is 0.486 e. The molecule has 0 aliphatic carbocycles. The van der Waals surface area contributed by atoms with Gasteiger partial charge in [-0.25, -0.2) is 0 Å². The summed E-state index contributed by atoms with van der Waals surface area (Å²) in [5, 5.41) is 2.90. The number of nitrogens with two attached hydrogens (primary N) is 1. The zero-order chi connectivity index (χ0) is 16.8. The smallest absolute Gasteiger partial charge is 0.228 e. The Hall–Kier alpha value is -2.04. The number of aryl methyl sites for hydroxylation is 1. The van der Waals surface area contributed by atoms with Crippen LogP contribution in [0.2, 0.25) is 0 Å². The van der Waals surface area contributed by atoms with Crippen LogP contribution < -0.4 is 15.8 Å². The number of amides is 1. The Morgan fingerprint density at radius 1 is 1.17 bits per heavy atom. The van der Waals surface area contributed by atoms with Gasteiger partial charge >= 0.3 is 0 Å². The van der Waals surface area contributed by atoms with Crippen molar-refractivity contribution >= 4 is 24.0 Å². The molecule has 0 bridgehead atoms. The second-order valence-electron chi connectivity index (χ2n) is 5.77. The fraction of sp³-hybridized carbons (Fsp3) is 0.316. The van der Waals surface area contributed by atoms with Gasteiger partial charge < -0.3 is 15.8 Å². The lowest BCUT2D eigenvalue weighted by molar-refractivity contribution is -0.119. The lowest BCUT2D eigenvalue weighted by Gasteiger charge is -2.17. The molecule has 130 valence electrons. The van der Waals surface area contributed by atoms with E-state index < -0.39 is 0 Å². The molecule has 0 aromatic heterocycles. The third-order valence-corrected chi connectivity index (χ3v) is 3.84. The minimum Gasteiger partial charge on any atom is -0.486 e. The van der Waals surface area contributed by atoms with Gasteiger partial charge in [0.15, 0.2) is 0 Å². The fourth-order valence-electron chi connectivity index (χ4n) is 2.21. The van der Waals surface area contributed by atoms with Crippen LogP contribution in [0.25, 0.3) is 0 Å². The molecule has 24 heavy (non-hydrogen) atoms. The van der Waals surface area contributed by atoms with E-state index in [2.05, 4.69) is 5.32 Å². The second-order valence-corrected chi connectivity index (χ2v) is 5.77. The molecule has 0 radical (unpaired) electrons. The van der Waals surface area contributed by atoms with Crippen molar-refractivity contribution in [3.8, 4) is 5.75 Å². The summed E-state index contributed by atoms with van der Waals surface area (Å²) in [6.07, 6.45) is -0.0340. The molecule has 2 aromatic rings. The van der Waals surface area contributed by atoms with Gasteiger partial charge in [0, 0.05) is 18.2 Å². The Labute approximate surface area is 149 Å². The molecular formula is C19H25ClN2O2. The molecule has 4 nitrogen and oxygen atoms in total. The molecule has 5 heteroatoms. The minimum absolute atomic E-state index is 0. The summed E-state index contributed by atoms with van der Waals surface area (Å²) in [5.74, 6) is 0.508. The van der Waals surface area contributed by atoms with E-state index >= 15 is 0 Å². The van der Waals surface area contributed by atoms with Gasteiger partial charge in [0.2, 0.25) is 5.91 Å². The van der Waals surface area contributed by atoms with Crippen LogP contribution in [0.4, 0.5) is 5.69 Å². The Morgan fingerprint density at radius 3 is 2.42 bits per heavy atom. The third-order valence-electron chi connectivity index (χ3n) is 3.84. The van der Waals surface area contributed by atoms with Crippen LogP contribution >= 0.6 is 12.4 Å². The summed E-state index contributed by atoms with van der Waals surface area (Å²) in [7, 11) is 0. The molecule has 0 aliphatic heterocycles. The van der Waals surface area contributed by atoms with E-state index in [1.54, 1.807) is 0 Å². The van der Waals surface area contributed by atoms with Gasteiger partial charge in [0.1, 0.15) is 11.9 Å². The second kappa shape index (κ2) is 9.30. The van der Waals surface area contributed by atoms with E-state index in [1.807, 2.05) is 69.3 Å². The maximum atomic E-state index is 11.9. The highest BCUT2D eigenvalue weighted by Gasteiger charge is 2.13. The molecular weight excluding hydrogens is 324 g/mol. The number of carbonyl (C=O) groups excluding carboxylic acids is 1. The number of anilines is 1. The van der Waals surface area contributed by atoms with Crippen molar-refractivity contribution in [3.05, 3.63) is 59.7 Å². The molecule has 0 heterocycles. The SMILES string of the molecule is Cc1cc(OC(C)c2ccccc2)ccc1NC(=O)C(C)CN.Cl. The maximum absolute atomic E-state index is 11.9. The van der Waals surface area contributed by atoms with Gasteiger partial charge in [0.05, 0.1) is 0 Å². The average Bonchev–Trinajstić information content (AvgIpc) is 2.57. The highest BCUT2D eigenvalue weighted by atomic mass is 35.5. The van der Waals surface area contributed by atoms with Gasteiger partial charge in [-0.3, -0.25) is 4.79 Å². The van der Waals surface area contributed by atoms with Crippen molar-refractivity contribution in [1.82, 2.24) is 0 Å². The Bertz CT molecular complexity index is 662. The topological polar surface area (TPSA) is 64.3 Å². The summed E-state index contributed by atoms with van der Waals surface area (Å²) in [5.41, 5.74) is 8.39. The molecule has 0 fully saturated rings. The first-order valence-corrected chi connectivity index (χ1v) is 7.84. The van der Waals surface area contributed by atoms with E-state index in [0.717, 1.165) is 22.6 Å². The zero-order valence-corrected chi connectivity index (χ0v) is 15.1. The lowest BCUT2D eigenvalue weighted by atomic mass is 10.1. The summed E-state index contributed by atoms with van der Waals surface area (Å²) < 4.78 is 5.98. The first kappa shape index (κ1) is 20.0. The molecule has 1 amide bonds. The van der Waals surface area contributed by atoms with Crippen LogP contribution in [-0.2, 0) is 4.79 Å². The molecule has 0 aliphatic rings.